The second-order valence-corrected chi connectivity index (χ2v) is 12.3. The van der Waals surface area contributed by atoms with Gasteiger partial charge in [0.2, 0.25) is 5.91 Å². The lowest BCUT2D eigenvalue weighted by molar-refractivity contribution is -0.123. The molecule has 0 bridgehead atoms. The van der Waals surface area contributed by atoms with Crippen LogP contribution in [0.5, 0.6) is 5.75 Å². The van der Waals surface area contributed by atoms with Gasteiger partial charge in [0.05, 0.1) is 30.5 Å². The van der Waals surface area contributed by atoms with Crippen LogP contribution in [-0.4, -0.2) is 51.0 Å². The Hall–Kier alpha value is -4.16. The molecular formula is C31H33N5O5S2. The molecule has 2 heterocycles. The predicted molar refractivity (Wildman–Crippen MR) is 166 cm³/mol. The van der Waals surface area contributed by atoms with Gasteiger partial charge in [-0.25, -0.2) is 4.79 Å². The molecule has 2 aromatic carbocycles. The van der Waals surface area contributed by atoms with E-state index < -0.39 is 11.2 Å². The van der Waals surface area contributed by atoms with Crippen LogP contribution in [-0.2, 0) is 40.3 Å². The molecule has 1 atom stereocenters. The number of esters is 1. The predicted octanol–water partition coefficient (Wildman–Crippen LogP) is 4.87. The number of nitrogens with zero attached hydrogens (tertiary/aromatic N) is 3. The number of para-hydroxylation sites is 1. The number of aromatic nitrogens is 3. The lowest BCUT2D eigenvalue weighted by atomic mass is 10.1. The quantitative estimate of drug-likeness (QED) is 0.161. The third kappa shape index (κ3) is 7.63. The number of carbonyl (C=O) groups excluding carboxylic acids is 3. The number of hydrogen-bond donors (Lipinski definition) is 2. The van der Waals surface area contributed by atoms with Crippen LogP contribution in [0.25, 0.3) is 0 Å². The summed E-state index contributed by atoms with van der Waals surface area (Å²) in [6.45, 7) is 4.29. The zero-order valence-corrected chi connectivity index (χ0v) is 25.6. The number of thioether (sulfide) groups is 1. The standard InChI is InChI=1S/C31H33N5O5S2/c1-3-40-30(39)27-23-15-10-16-24(23)43-29(27)33-28(38)20(2)42-31-35-34-25(36(31)18-21-11-6-4-7-12-21)17-32-26(37)19-41-22-13-8-5-9-14-22/h4-9,11-14,20H,3,10,15-19H2,1-2H3,(H,32,37)(H,33,38)/t20-/m1/s1. The number of aryl methyl sites for hydroxylation is 1. The minimum absolute atomic E-state index is 0.129. The Balaban J connectivity index is 1.28. The van der Waals surface area contributed by atoms with Gasteiger partial charge in [-0.3, -0.25) is 9.59 Å². The van der Waals surface area contributed by atoms with Crippen LogP contribution in [0, 0.1) is 0 Å². The zero-order chi connectivity index (χ0) is 30.2. The van der Waals surface area contributed by atoms with Crippen molar-refractivity contribution >= 4 is 45.9 Å². The van der Waals surface area contributed by atoms with Crippen molar-refractivity contribution in [2.75, 3.05) is 18.5 Å². The molecule has 0 aliphatic heterocycles. The Morgan fingerprint density at radius 3 is 2.53 bits per heavy atom. The summed E-state index contributed by atoms with van der Waals surface area (Å²) in [4.78, 5) is 39.7. The van der Waals surface area contributed by atoms with Crippen molar-refractivity contribution in [2.45, 2.75) is 56.6 Å². The van der Waals surface area contributed by atoms with Crippen LogP contribution >= 0.6 is 23.1 Å². The zero-order valence-electron chi connectivity index (χ0n) is 24.0. The maximum atomic E-state index is 13.4. The van der Waals surface area contributed by atoms with Gasteiger partial charge in [0.25, 0.3) is 5.91 Å². The van der Waals surface area contributed by atoms with E-state index in [1.807, 2.05) is 53.1 Å². The number of nitrogens with one attached hydrogen (secondary N) is 2. The Bertz CT molecular complexity index is 1570. The van der Waals surface area contributed by atoms with Crippen molar-refractivity contribution in [1.29, 1.82) is 0 Å². The monoisotopic (exact) mass is 619 g/mol. The fraction of sp³-hybridized carbons (Fsp3) is 0.323. The molecule has 12 heteroatoms. The van der Waals surface area contributed by atoms with Gasteiger partial charge in [0.15, 0.2) is 17.6 Å². The molecule has 0 saturated heterocycles. The second kappa shape index (κ2) is 14.3. The van der Waals surface area contributed by atoms with Crippen molar-refractivity contribution in [3.63, 3.8) is 0 Å². The highest BCUT2D eigenvalue weighted by Crippen LogP contribution is 2.40. The number of fused-ring (bicyclic) bond motifs is 1. The van der Waals surface area contributed by atoms with Gasteiger partial charge in [0.1, 0.15) is 10.8 Å². The molecule has 0 unspecified atom stereocenters. The number of amides is 2. The van der Waals surface area contributed by atoms with Gasteiger partial charge >= 0.3 is 5.97 Å². The fourth-order valence-electron chi connectivity index (χ4n) is 4.69. The molecule has 1 aliphatic carbocycles. The molecule has 0 saturated carbocycles. The van der Waals surface area contributed by atoms with Crippen LogP contribution in [0.15, 0.2) is 65.8 Å². The molecule has 2 N–H and O–H groups in total. The lowest BCUT2D eigenvalue weighted by Gasteiger charge is -2.15. The minimum Gasteiger partial charge on any atom is -0.484 e. The van der Waals surface area contributed by atoms with Crippen molar-refractivity contribution in [3.05, 3.63) is 88.1 Å². The molecule has 5 rings (SSSR count). The van der Waals surface area contributed by atoms with Crippen LogP contribution in [0.3, 0.4) is 0 Å². The Morgan fingerprint density at radius 1 is 1.05 bits per heavy atom. The van der Waals surface area contributed by atoms with E-state index >= 15 is 0 Å². The number of rotatable bonds is 13. The Labute approximate surface area is 258 Å². The van der Waals surface area contributed by atoms with Gasteiger partial charge in [-0.2, -0.15) is 0 Å². The summed E-state index contributed by atoms with van der Waals surface area (Å²) in [6, 6.07) is 19.0. The molecule has 0 spiro atoms. The fourth-order valence-corrected chi connectivity index (χ4v) is 6.84. The summed E-state index contributed by atoms with van der Waals surface area (Å²) in [6.07, 6.45) is 2.70. The van der Waals surface area contributed by atoms with Crippen molar-refractivity contribution in [1.82, 2.24) is 20.1 Å². The van der Waals surface area contributed by atoms with Gasteiger partial charge in [-0.1, -0.05) is 60.3 Å². The molecule has 4 aromatic rings. The molecule has 0 radical (unpaired) electrons. The number of ether oxygens (including phenoxy) is 2. The van der Waals surface area contributed by atoms with E-state index in [2.05, 4.69) is 20.8 Å². The first-order valence-electron chi connectivity index (χ1n) is 14.1. The van der Waals surface area contributed by atoms with Gasteiger partial charge in [-0.15, -0.1) is 21.5 Å². The van der Waals surface area contributed by atoms with E-state index in [4.69, 9.17) is 9.47 Å². The average molecular weight is 620 g/mol. The van der Waals surface area contributed by atoms with E-state index in [0.717, 1.165) is 35.3 Å². The second-order valence-electron chi connectivity index (χ2n) is 9.88. The smallest absolute Gasteiger partial charge is 0.341 e. The van der Waals surface area contributed by atoms with E-state index in [1.54, 1.807) is 26.0 Å². The first-order valence-corrected chi connectivity index (χ1v) is 15.8. The molecule has 10 nitrogen and oxygen atoms in total. The highest BCUT2D eigenvalue weighted by molar-refractivity contribution is 8.00. The van der Waals surface area contributed by atoms with Crippen LogP contribution in [0.4, 0.5) is 5.00 Å². The Kier molecular flexibility index (Phi) is 10.1. The third-order valence-electron chi connectivity index (χ3n) is 6.82. The van der Waals surface area contributed by atoms with Crippen LogP contribution < -0.4 is 15.4 Å². The summed E-state index contributed by atoms with van der Waals surface area (Å²) in [7, 11) is 0. The normalized spacial score (nSPS) is 12.8. The van der Waals surface area contributed by atoms with Gasteiger partial charge < -0.3 is 24.7 Å². The molecule has 2 aromatic heterocycles. The summed E-state index contributed by atoms with van der Waals surface area (Å²) in [5, 5.41) is 15.0. The highest BCUT2D eigenvalue weighted by atomic mass is 32.2. The maximum absolute atomic E-state index is 13.4. The van der Waals surface area contributed by atoms with E-state index in [-0.39, 0.29) is 31.6 Å². The molecule has 0 fully saturated rings. The van der Waals surface area contributed by atoms with Crippen molar-refractivity contribution in [2.24, 2.45) is 0 Å². The summed E-state index contributed by atoms with van der Waals surface area (Å²) in [5.41, 5.74) is 2.49. The number of anilines is 1. The summed E-state index contributed by atoms with van der Waals surface area (Å²) >= 11 is 2.71. The Morgan fingerprint density at radius 2 is 1.79 bits per heavy atom. The minimum atomic E-state index is -0.549. The molecular weight excluding hydrogens is 587 g/mol. The third-order valence-corrected chi connectivity index (χ3v) is 9.11. The average Bonchev–Trinajstić information content (AvgIpc) is 3.71. The number of benzene rings is 2. The molecule has 224 valence electrons. The maximum Gasteiger partial charge on any atom is 0.341 e. The molecule has 43 heavy (non-hydrogen) atoms. The molecule has 2 amide bonds. The topological polar surface area (TPSA) is 124 Å². The first-order chi connectivity index (χ1) is 20.9. The number of carbonyl (C=O) groups is 3. The first kappa shape index (κ1) is 30.3. The van der Waals surface area contributed by atoms with Gasteiger partial charge in [-0.05, 0) is 56.4 Å². The summed E-state index contributed by atoms with van der Waals surface area (Å²) in [5.74, 6) is 0.211. The highest BCUT2D eigenvalue weighted by Gasteiger charge is 2.30. The largest absolute Gasteiger partial charge is 0.484 e. The van der Waals surface area contributed by atoms with Gasteiger partial charge in [0, 0.05) is 4.88 Å². The van der Waals surface area contributed by atoms with E-state index in [1.165, 1.54) is 23.1 Å². The van der Waals surface area contributed by atoms with Crippen LogP contribution in [0.2, 0.25) is 0 Å². The molecule has 1 aliphatic rings. The van der Waals surface area contributed by atoms with Crippen LogP contribution in [0.1, 0.15) is 52.5 Å². The summed E-state index contributed by atoms with van der Waals surface area (Å²) < 4.78 is 12.7. The van der Waals surface area contributed by atoms with E-state index in [9.17, 15) is 14.4 Å². The number of hydrogen-bond acceptors (Lipinski definition) is 9. The van der Waals surface area contributed by atoms with Crippen molar-refractivity contribution in [3.8, 4) is 5.75 Å². The van der Waals surface area contributed by atoms with E-state index in [0.29, 0.717) is 33.8 Å². The van der Waals surface area contributed by atoms with Crippen molar-refractivity contribution < 1.29 is 23.9 Å². The number of thiophene rings is 1. The lowest BCUT2D eigenvalue weighted by Crippen LogP contribution is -2.29. The SMILES string of the molecule is CCOC(=O)c1c(NC(=O)[C@@H](C)Sc2nnc(CNC(=O)COc3ccccc3)n2Cc2ccccc2)sc2c1CCC2.